The zero-order valence-corrected chi connectivity index (χ0v) is 16.7. The van der Waals surface area contributed by atoms with E-state index in [2.05, 4.69) is 0 Å². The number of hydrogen-bond acceptors (Lipinski definition) is 3. The predicted octanol–water partition coefficient (Wildman–Crippen LogP) is 4.89. The normalized spacial score (nSPS) is 15.8. The number of benzene rings is 2. The van der Waals surface area contributed by atoms with Gasteiger partial charge in [-0.15, -0.1) is 0 Å². The van der Waals surface area contributed by atoms with Crippen LogP contribution in [0.2, 0.25) is 0 Å². The highest BCUT2D eigenvalue weighted by Crippen LogP contribution is 2.28. The number of nitrogens with zero attached hydrogens (tertiary/aromatic N) is 1. The van der Waals surface area contributed by atoms with Crippen LogP contribution in [-0.2, 0) is 4.79 Å². The molecule has 0 radical (unpaired) electrons. The molecule has 0 atom stereocenters. The molecule has 2 aromatic carbocycles. The van der Waals surface area contributed by atoms with Gasteiger partial charge in [0.25, 0.3) is 0 Å². The van der Waals surface area contributed by atoms with Crippen molar-refractivity contribution >= 4 is 12.0 Å². The first-order chi connectivity index (χ1) is 13.4. The van der Waals surface area contributed by atoms with E-state index in [0.717, 1.165) is 49.4 Å². The molecule has 0 bridgehead atoms. The van der Waals surface area contributed by atoms with Crippen LogP contribution in [0.4, 0.5) is 0 Å². The van der Waals surface area contributed by atoms with Crippen molar-refractivity contribution < 1.29 is 14.6 Å². The molecule has 4 nitrogen and oxygen atoms in total. The Morgan fingerprint density at radius 2 is 1.75 bits per heavy atom. The van der Waals surface area contributed by atoms with E-state index in [1.807, 2.05) is 79.4 Å². The number of hydrogen-bond donors (Lipinski definition) is 1. The Balaban J connectivity index is 1.59. The van der Waals surface area contributed by atoms with Crippen LogP contribution in [0, 0.1) is 5.92 Å². The highest BCUT2D eigenvalue weighted by atomic mass is 16.5. The summed E-state index contributed by atoms with van der Waals surface area (Å²) in [6, 6.07) is 17.3. The largest absolute Gasteiger partial charge is 0.457 e. The van der Waals surface area contributed by atoms with Gasteiger partial charge in [0.05, 0.1) is 5.60 Å². The van der Waals surface area contributed by atoms with Crippen molar-refractivity contribution in [3.8, 4) is 11.5 Å². The van der Waals surface area contributed by atoms with E-state index in [4.69, 9.17) is 4.74 Å². The van der Waals surface area contributed by atoms with E-state index < -0.39 is 5.60 Å². The lowest BCUT2D eigenvalue weighted by Crippen LogP contribution is -2.39. The zero-order chi connectivity index (χ0) is 20.0. The van der Waals surface area contributed by atoms with Crippen molar-refractivity contribution in [2.24, 2.45) is 5.92 Å². The number of likely N-dealkylation sites (tertiary alicyclic amines) is 1. The number of aliphatic hydroxyl groups is 1. The summed E-state index contributed by atoms with van der Waals surface area (Å²) in [7, 11) is 0. The number of rotatable bonds is 6. The maximum atomic E-state index is 12.6. The van der Waals surface area contributed by atoms with Crippen LogP contribution in [0.3, 0.4) is 0 Å². The third kappa shape index (κ3) is 5.96. The molecule has 0 unspecified atom stereocenters. The van der Waals surface area contributed by atoms with E-state index in [1.165, 1.54) is 0 Å². The smallest absolute Gasteiger partial charge is 0.246 e. The van der Waals surface area contributed by atoms with Crippen LogP contribution in [-0.4, -0.2) is 34.6 Å². The molecule has 0 aromatic heterocycles. The van der Waals surface area contributed by atoms with E-state index in [9.17, 15) is 9.90 Å². The van der Waals surface area contributed by atoms with Gasteiger partial charge in [-0.25, -0.2) is 0 Å². The number of carbonyl (C=O) groups excluding carboxylic acids is 1. The highest BCUT2D eigenvalue weighted by Gasteiger charge is 2.26. The van der Waals surface area contributed by atoms with Gasteiger partial charge in [0.15, 0.2) is 0 Å². The fourth-order valence-corrected chi connectivity index (χ4v) is 3.66. The average Bonchev–Trinajstić information content (AvgIpc) is 2.67. The molecular weight excluding hydrogens is 350 g/mol. The van der Waals surface area contributed by atoms with E-state index in [1.54, 1.807) is 6.08 Å². The Bertz CT molecular complexity index is 800. The van der Waals surface area contributed by atoms with Gasteiger partial charge in [0.1, 0.15) is 11.5 Å². The molecule has 0 saturated carbocycles. The lowest BCUT2D eigenvalue weighted by molar-refractivity contribution is -0.127. The summed E-state index contributed by atoms with van der Waals surface area (Å²) >= 11 is 0. The van der Waals surface area contributed by atoms with Crippen molar-refractivity contribution in [2.75, 3.05) is 13.1 Å². The van der Waals surface area contributed by atoms with Crippen LogP contribution < -0.4 is 4.74 Å². The van der Waals surface area contributed by atoms with Crippen LogP contribution >= 0.6 is 0 Å². The third-order valence-electron chi connectivity index (χ3n) is 5.01. The van der Waals surface area contributed by atoms with Crippen LogP contribution in [0.15, 0.2) is 60.7 Å². The average molecular weight is 380 g/mol. The van der Waals surface area contributed by atoms with Crippen molar-refractivity contribution in [2.45, 2.75) is 38.7 Å². The molecule has 1 N–H and O–H groups in total. The zero-order valence-electron chi connectivity index (χ0n) is 16.7. The van der Waals surface area contributed by atoms with Crippen molar-refractivity contribution in [1.82, 2.24) is 4.90 Å². The lowest BCUT2D eigenvalue weighted by Gasteiger charge is -2.34. The van der Waals surface area contributed by atoms with Crippen LogP contribution in [0.25, 0.3) is 6.08 Å². The first-order valence-corrected chi connectivity index (χ1v) is 9.92. The van der Waals surface area contributed by atoms with Gasteiger partial charge in [-0.2, -0.15) is 0 Å². The monoisotopic (exact) mass is 379 g/mol. The Hall–Kier alpha value is -2.59. The summed E-state index contributed by atoms with van der Waals surface area (Å²) in [6.07, 6.45) is 6.12. The summed E-state index contributed by atoms with van der Waals surface area (Å²) in [5.41, 5.74) is 0.232. The summed E-state index contributed by atoms with van der Waals surface area (Å²) in [5.74, 6) is 1.99. The molecule has 28 heavy (non-hydrogen) atoms. The fourth-order valence-electron chi connectivity index (χ4n) is 3.66. The molecule has 1 saturated heterocycles. The van der Waals surface area contributed by atoms with Crippen LogP contribution in [0.1, 0.15) is 38.7 Å². The highest BCUT2D eigenvalue weighted by molar-refractivity contribution is 5.92. The standard InChI is InChI=1S/C24H29NO3/c1-24(2,27)18-19-14-16-25(17-15-19)23(26)13-12-20-8-6-7-11-22(20)28-21-9-4-3-5-10-21/h3-13,19,27H,14-18H2,1-2H3/b13-12+. The van der Waals surface area contributed by atoms with Crippen molar-refractivity contribution in [1.29, 1.82) is 0 Å². The maximum absolute atomic E-state index is 12.6. The van der Waals surface area contributed by atoms with Crippen molar-refractivity contribution in [3.05, 3.63) is 66.2 Å². The second-order valence-electron chi connectivity index (χ2n) is 8.07. The molecule has 2 aromatic rings. The third-order valence-corrected chi connectivity index (χ3v) is 5.01. The Labute approximate surface area is 167 Å². The minimum absolute atomic E-state index is 0.0243. The molecule has 1 aliphatic rings. The summed E-state index contributed by atoms with van der Waals surface area (Å²) in [5, 5.41) is 9.98. The number of amides is 1. The Morgan fingerprint density at radius 1 is 1.11 bits per heavy atom. The van der Waals surface area contributed by atoms with Gasteiger partial charge >= 0.3 is 0 Å². The SMILES string of the molecule is CC(C)(O)CC1CCN(C(=O)/C=C/c2ccccc2Oc2ccccc2)CC1. The predicted molar refractivity (Wildman–Crippen MR) is 112 cm³/mol. The summed E-state index contributed by atoms with van der Waals surface area (Å²) < 4.78 is 5.95. The molecule has 3 rings (SSSR count). The second-order valence-corrected chi connectivity index (χ2v) is 8.07. The molecule has 1 fully saturated rings. The molecule has 0 aliphatic carbocycles. The molecule has 1 heterocycles. The number of ether oxygens (including phenoxy) is 1. The van der Waals surface area contributed by atoms with Gasteiger partial charge in [-0.05, 0) is 63.3 Å². The molecule has 0 spiro atoms. The fraction of sp³-hybridized carbons (Fsp3) is 0.375. The Morgan fingerprint density at radius 3 is 2.43 bits per heavy atom. The Kier molecular flexibility index (Phi) is 6.53. The van der Waals surface area contributed by atoms with E-state index >= 15 is 0 Å². The van der Waals surface area contributed by atoms with Gasteiger partial charge in [-0.1, -0.05) is 36.4 Å². The number of piperidine rings is 1. The maximum Gasteiger partial charge on any atom is 0.246 e. The topological polar surface area (TPSA) is 49.8 Å². The van der Waals surface area contributed by atoms with Gasteiger partial charge in [0.2, 0.25) is 5.91 Å². The molecule has 148 valence electrons. The van der Waals surface area contributed by atoms with Gasteiger partial charge < -0.3 is 14.7 Å². The first kappa shape index (κ1) is 20.2. The van der Waals surface area contributed by atoms with Crippen LogP contribution in [0.5, 0.6) is 11.5 Å². The quantitative estimate of drug-likeness (QED) is 0.727. The molecule has 4 heteroatoms. The number of carbonyl (C=O) groups is 1. The summed E-state index contributed by atoms with van der Waals surface area (Å²) in [4.78, 5) is 14.5. The summed E-state index contributed by atoms with van der Waals surface area (Å²) in [6.45, 7) is 5.18. The lowest BCUT2D eigenvalue weighted by atomic mass is 9.86. The van der Waals surface area contributed by atoms with Gasteiger partial charge in [-0.3, -0.25) is 4.79 Å². The van der Waals surface area contributed by atoms with Crippen molar-refractivity contribution in [3.63, 3.8) is 0 Å². The second kappa shape index (κ2) is 9.07. The van der Waals surface area contributed by atoms with E-state index in [-0.39, 0.29) is 5.91 Å². The molecular formula is C24H29NO3. The molecule has 1 aliphatic heterocycles. The van der Waals surface area contributed by atoms with E-state index in [0.29, 0.717) is 5.92 Å². The first-order valence-electron chi connectivity index (χ1n) is 9.92. The number of para-hydroxylation sites is 2. The minimum Gasteiger partial charge on any atom is -0.457 e. The van der Waals surface area contributed by atoms with Gasteiger partial charge in [0, 0.05) is 24.7 Å². The molecule has 1 amide bonds. The minimum atomic E-state index is -0.640.